The lowest BCUT2D eigenvalue weighted by Crippen LogP contribution is -2.01. The molecule has 6 heteroatoms. The molecule has 2 rings (SSSR count). The second-order valence-corrected chi connectivity index (χ2v) is 5.60. The summed E-state index contributed by atoms with van der Waals surface area (Å²) in [7, 11) is 0. The van der Waals surface area contributed by atoms with E-state index in [1.807, 2.05) is 0 Å². The number of ether oxygens (including phenoxy) is 1. The average Bonchev–Trinajstić information content (AvgIpc) is 2.41. The average molecular weight is 404 g/mol. The van der Waals surface area contributed by atoms with E-state index in [1.54, 1.807) is 18.2 Å². The fourth-order valence-electron chi connectivity index (χ4n) is 1.56. The van der Waals surface area contributed by atoms with Crippen LogP contribution >= 0.6 is 31.9 Å². The van der Waals surface area contributed by atoms with E-state index >= 15 is 0 Å². The van der Waals surface area contributed by atoms with Gasteiger partial charge in [-0.3, -0.25) is 0 Å². The summed E-state index contributed by atoms with van der Waals surface area (Å²) in [5, 5.41) is 8.94. The molecule has 0 amide bonds. The highest BCUT2D eigenvalue weighted by molar-refractivity contribution is 9.10. The van der Waals surface area contributed by atoms with E-state index < -0.39 is 5.97 Å². The third-order valence-corrected chi connectivity index (χ3v) is 4.14. The normalized spacial score (nSPS) is 10.3. The number of hydrogen-bond donors (Lipinski definition) is 1. The standard InChI is InChI=1S/C14H9Br2FO3/c15-10-5-4-8(14(18)19)6-12(10)20-7-9-2-1-3-11(17)13(9)16/h1-6H,7H2,(H,18,19). The van der Waals surface area contributed by atoms with Crippen molar-refractivity contribution in [2.75, 3.05) is 0 Å². The third kappa shape index (κ3) is 3.37. The van der Waals surface area contributed by atoms with Gasteiger partial charge >= 0.3 is 5.97 Å². The maximum Gasteiger partial charge on any atom is 0.335 e. The van der Waals surface area contributed by atoms with Gasteiger partial charge in [0.2, 0.25) is 0 Å². The Hall–Kier alpha value is -1.40. The Balaban J connectivity index is 2.20. The van der Waals surface area contributed by atoms with Gasteiger partial charge in [0.15, 0.2) is 0 Å². The first-order valence-electron chi connectivity index (χ1n) is 5.57. The first-order valence-corrected chi connectivity index (χ1v) is 7.16. The fourth-order valence-corrected chi connectivity index (χ4v) is 2.30. The molecule has 0 atom stereocenters. The Labute approximate surface area is 131 Å². The Morgan fingerprint density at radius 2 is 2.00 bits per heavy atom. The van der Waals surface area contributed by atoms with E-state index in [2.05, 4.69) is 31.9 Å². The van der Waals surface area contributed by atoms with Crippen molar-refractivity contribution in [3.05, 3.63) is 62.3 Å². The van der Waals surface area contributed by atoms with E-state index in [0.717, 1.165) is 0 Å². The number of halogens is 3. The molecule has 20 heavy (non-hydrogen) atoms. The molecule has 0 aliphatic heterocycles. The summed E-state index contributed by atoms with van der Waals surface area (Å²) in [6, 6.07) is 9.13. The van der Waals surface area contributed by atoms with Gasteiger partial charge < -0.3 is 9.84 Å². The number of aromatic carboxylic acids is 1. The van der Waals surface area contributed by atoms with Crippen molar-refractivity contribution in [2.45, 2.75) is 6.61 Å². The molecule has 0 spiro atoms. The van der Waals surface area contributed by atoms with Crippen LogP contribution < -0.4 is 4.74 Å². The van der Waals surface area contributed by atoms with E-state index in [4.69, 9.17) is 9.84 Å². The van der Waals surface area contributed by atoms with E-state index in [1.165, 1.54) is 18.2 Å². The fraction of sp³-hybridized carbons (Fsp3) is 0.0714. The van der Waals surface area contributed by atoms with Crippen LogP contribution in [0, 0.1) is 5.82 Å². The summed E-state index contributed by atoms with van der Waals surface area (Å²) in [5.74, 6) is -1.01. The summed E-state index contributed by atoms with van der Waals surface area (Å²) in [6.07, 6.45) is 0. The lowest BCUT2D eigenvalue weighted by Gasteiger charge is -2.10. The highest BCUT2D eigenvalue weighted by Gasteiger charge is 2.10. The predicted octanol–water partition coefficient (Wildman–Crippen LogP) is 4.63. The number of carboxylic acids is 1. The van der Waals surface area contributed by atoms with E-state index in [9.17, 15) is 9.18 Å². The molecule has 3 nitrogen and oxygen atoms in total. The van der Waals surface area contributed by atoms with Gasteiger partial charge in [0.1, 0.15) is 18.2 Å². The number of carboxylic acid groups (broad SMARTS) is 1. The molecule has 2 aromatic rings. The first kappa shape index (κ1) is 15.0. The lowest BCUT2D eigenvalue weighted by molar-refractivity contribution is 0.0696. The van der Waals surface area contributed by atoms with Crippen LogP contribution in [0.15, 0.2) is 45.3 Å². The summed E-state index contributed by atoms with van der Waals surface area (Å²) in [4.78, 5) is 10.9. The molecular weight excluding hydrogens is 395 g/mol. The molecule has 1 N–H and O–H groups in total. The minimum Gasteiger partial charge on any atom is -0.488 e. The maximum atomic E-state index is 13.4. The van der Waals surface area contributed by atoms with Crippen LogP contribution in [-0.4, -0.2) is 11.1 Å². The molecule has 0 aliphatic rings. The van der Waals surface area contributed by atoms with Gasteiger partial charge in [-0.1, -0.05) is 12.1 Å². The van der Waals surface area contributed by atoms with Crippen molar-refractivity contribution in [3.8, 4) is 5.75 Å². The van der Waals surface area contributed by atoms with Crippen molar-refractivity contribution in [1.29, 1.82) is 0 Å². The van der Waals surface area contributed by atoms with Crippen LogP contribution in [0.4, 0.5) is 4.39 Å². The van der Waals surface area contributed by atoms with Gasteiger partial charge in [-0.15, -0.1) is 0 Å². The molecule has 0 aromatic heterocycles. The number of carbonyl (C=O) groups is 1. The largest absolute Gasteiger partial charge is 0.488 e. The molecule has 0 unspecified atom stereocenters. The highest BCUT2D eigenvalue weighted by Crippen LogP contribution is 2.28. The molecule has 0 saturated heterocycles. The Bertz CT molecular complexity index is 659. The van der Waals surface area contributed by atoms with Crippen molar-refractivity contribution in [2.24, 2.45) is 0 Å². The van der Waals surface area contributed by atoms with Crippen LogP contribution in [0.1, 0.15) is 15.9 Å². The summed E-state index contributed by atoms with van der Waals surface area (Å²) >= 11 is 6.43. The molecule has 0 fully saturated rings. The maximum absolute atomic E-state index is 13.4. The molecular formula is C14H9Br2FO3. The zero-order valence-electron chi connectivity index (χ0n) is 10.1. The van der Waals surface area contributed by atoms with E-state index in [-0.39, 0.29) is 18.0 Å². The van der Waals surface area contributed by atoms with Crippen LogP contribution in [-0.2, 0) is 6.61 Å². The van der Waals surface area contributed by atoms with Crippen LogP contribution in [0.2, 0.25) is 0 Å². The van der Waals surface area contributed by atoms with Gasteiger partial charge in [-0.2, -0.15) is 0 Å². The molecule has 0 radical (unpaired) electrons. The first-order chi connectivity index (χ1) is 9.49. The molecule has 0 saturated carbocycles. The Morgan fingerprint density at radius 1 is 1.25 bits per heavy atom. The number of hydrogen-bond acceptors (Lipinski definition) is 2. The highest BCUT2D eigenvalue weighted by atomic mass is 79.9. The van der Waals surface area contributed by atoms with Gasteiger partial charge in [0.05, 0.1) is 14.5 Å². The van der Waals surface area contributed by atoms with Crippen molar-refractivity contribution >= 4 is 37.8 Å². The van der Waals surface area contributed by atoms with Crippen LogP contribution in [0.25, 0.3) is 0 Å². The third-order valence-electron chi connectivity index (χ3n) is 2.59. The van der Waals surface area contributed by atoms with Crippen molar-refractivity contribution in [3.63, 3.8) is 0 Å². The number of rotatable bonds is 4. The van der Waals surface area contributed by atoms with Crippen molar-refractivity contribution in [1.82, 2.24) is 0 Å². The van der Waals surface area contributed by atoms with E-state index in [0.29, 0.717) is 20.3 Å². The molecule has 2 aromatic carbocycles. The molecule has 0 heterocycles. The second-order valence-electron chi connectivity index (χ2n) is 3.95. The monoisotopic (exact) mass is 402 g/mol. The van der Waals surface area contributed by atoms with Gasteiger partial charge in [-0.25, -0.2) is 9.18 Å². The predicted molar refractivity (Wildman–Crippen MR) is 79.5 cm³/mol. The molecule has 0 bridgehead atoms. The summed E-state index contributed by atoms with van der Waals surface area (Å²) in [6.45, 7) is 0.125. The van der Waals surface area contributed by atoms with Gasteiger partial charge in [0.25, 0.3) is 0 Å². The molecule has 104 valence electrons. The summed E-state index contributed by atoms with van der Waals surface area (Å²) < 4.78 is 19.9. The molecule has 0 aliphatic carbocycles. The lowest BCUT2D eigenvalue weighted by atomic mass is 10.2. The zero-order chi connectivity index (χ0) is 14.7. The number of benzene rings is 2. The van der Waals surface area contributed by atoms with Crippen LogP contribution in [0.3, 0.4) is 0 Å². The minimum atomic E-state index is -1.03. The van der Waals surface area contributed by atoms with Crippen LogP contribution in [0.5, 0.6) is 5.75 Å². The zero-order valence-corrected chi connectivity index (χ0v) is 13.2. The van der Waals surface area contributed by atoms with Gasteiger partial charge in [0, 0.05) is 5.56 Å². The Morgan fingerprint density at radius 3 is 2.70 bits per heavy atom. The summed E-state index contributed by atoms with van der Waals surface area (Å²) in [5.41, 5.74) is 0.763. The van der Waals surface area contributed by atoms with Crippen molar-refractivity contribution < 1.29 is 19.0 Å². The topological polar surface area (TPSA) is 46.5 Å². The second kappa shape index (κ2) is 6.37. The SMILES string of the molecule is O=C(O)c1ccc(Br)c(OCc2cccc(F)c2Br)c1. The van der Waals surface area contributed by atoms with Gasteiger partial charge in [-0.05, 0) is 56.1 Å². The smallest absolute Gasteiger partial charge is 0.335 e. The minimum absolute atomic E-state index is 0.125. The Kier molecular flexibility index (Phi) is 4.77. The quantitative estimate of drug-likeness (QED) is 0.809.